The van der Waals surface area contributed by atoms with E-state index in [1.807, 2.05) is 27.7 Å². The van der Waals surface area contributed by atoms with E-state index in [1.54, 1.807) is 6.07 Å². The van der Waals surface area contributed by atoms with E-state index in [0.29, 0.717) is 17.8 Å². The van der Waals surface area contributed by atoms with Crippen LogP contribution in [0, 0.1) is 12.7 Å². The first-order valence-electron chi connectivity index (χ1n) is 8.40. The number of carbonyl (C=O) groups excluding carboxylic acids is 2. The molecule has 2 aromatic rings. The topological polar surface area (TPSA) is 98.0 Å². The Bertz CT molecular complexity index is 836. The maximum atomic E-state index is 14.0. The van der Waals surface area contributed by atoms with Crippen molar-refractivity contribution in [3.63, 3.8) is 0 Å². The second-order valence-electron chi connectivity index (χ2n) is 6.65. The largest absolute Gasteiger partial charge is 0.366 e. The smallest absolute Gasteiger partial charge is 0.252 e. The van der Waals surface area contributed by atoms with E-state index in [2.05, 4.69) is 15.3 Å². The number of carbonyl (C=O) groups is 2. The summed E-state index contributed by atoms with van der Waals surface area (Å²) < 4.78 is 14.0. The van der Waals surface area contributed by atoms with E-state index in [4.69, 9.17) is 5.73 Å². The Kier molecular flexibility index (Phi) is 6.02. The quantitative estimate of drug-likeness (QED) is 0.829. The Balaban J connectivity index is 2.05. The molecule has 0 saturated heterocycles. The first-order chi connectivity index (χ1) is 12.2. The lowest BCUT2D eigenvalue weighted by Crippen LogP contribution is -2.28. The number of aryl methyl sites for hydroxylation is 1. The highest BCUT2D eigenvalue weighted by atomic mass is 19.1. The number of pyridine rings is 2. The van der Waals surface area contributed by atoms with E-state index >= 15 is 0 Å². The highest BCUT2D eigenvalue weighted by Gasteiger charge is 2.16. The Labute approximate surface area is 152 Å². The third-order valence-electron chi connectivity index (χ3n) is 4.12. The molecule has 1 atom stereocenters. The summed E-state index contributed by atoms with van der Waals surface area (Å²) in [7, 11) is 0. The molecule has 2 amide bonds. The Morgan fingerprint density at radius 2 is 1.73 bits per heavy atom. The van der Waals surface area contributed by atoms with Gasteiger partial charge in [-0.3, -0.25) is 19.6 Å². The van der Waals surface area contributed by atoms with Gasteiger partial charge in [-0.25, -0.2) is 4.39 Å². The second-order valence-corrected chi connectivity index (χ2v) is 6.65. The van der Waals surface area contributed by atoms with Crippen LogP contribution in [0.2, 0.25) is 0 Å². The molecule has 138 valence electrons. The van der Waals surface area contributed by atoms with Crippen molar-refractivity contribution >= 4 is 11.8 Å². The number of nitrogens with one attached hydrogen (secondary N) is 1. The van der Waals surface area contributed by atoms with E-state index < -0.39 is 17.6 Å². The van der Waals surface area contributed by atoms with Gasteiger partial charge in [0.15, 0.2) is 0 Å². The van der Waals surface area contributed by atoms with Crippen molar-refractivity contribution < 1.29 is 14.0 Å². The zero-order chi connectivity index (χ0) is 19.4. The third-order valence-corrected chi connectivity index (χ3v) is 4.12. The minimum atomic E-state index is -0.535. The molecule has 0 aromatic carbocycles. The molecule has 0 bridgehead atoms. The molecule has 0 saturated carbocycles. The first kappa shape index (κ1) is 19.5. The number of nitrogens with two attached hydrogens (primary N) is 1. The number of hydrogen-bond acceptors (Lipinski definition) is 4. The van der Waals surface area contributed by atoms with Gasteiger partial charge in [0.05, 0.1) is 16.8 Å². The number of primary amides is 1. The van der Waals surface area contributed by atoms with Crippen LogP contribution in [0.3, 0.4) is 0 Å². The highest BCUT2D eigenvalue weighted by molar-refractivity contribution is 5.94. The molecule has 3 N–H and O–H groups in total. The Hall–Kier alpha value is -2.83. The summed E-state index contributed by atoms with van der Waals surface area (Å²) >= 11 is 0. The van der Waals surface area contributed by atoms with Gasteiger partial charge >= 0.3 is 0 Å². The highest BCUT2D eigenvalue weighted by Crippen LogP contribution is 2.18. The molecule has 0 aliphatic heterocycles. The predicted molar refractivity (Wildman–Crippen MR) is 96.5 cm³/mol. The van der Waals surface area contributed by atoms with Gasteiger partial charge in [-0.05, 0) is 30.5 Å². The van der Waals surface area contributed by atoms with Gasteiger partial charge < -0.3 is 11.1 Å². The van der Waals surface area contributed by atoms with Crippen molar-refractivity contribution in [2.24, 2.45) is 5.73 Å². The van der Waals surface area contributed by atoms with Crippen LogP contribution in [0.5, 0.6) is 0 Å². The molecule has 0 spiro atoms. The fourth-order valence-electron chi connectivity index (χ4n) is 2.68. The maximum Gasteiger partial charge on any atom is 0.252 e. The van der Waals surface area contributed by atoms with Gasteiger partial charge in [0, 0.05) is 30.6 Å². The van der Waals surface area contributed by atoms with Crippen LogP contribution < -0.4 is 11.1 Å². The first-order valence-corrected chi connectivity index (χ1v) is 8.40. The van der Waals surface area contributed by atoms with Crippen LogP contribution in [0.1, 0.15) is 70.3 Å². The summed E-state index contributed by atoms with van der Waals surface area (Å²) in [6, 6.07) is 2.88. The lowest BCUT2D eigenvalue weighted by Gasteiger charge is -2.15. The lowest BCUT2D eigenvalue weighted by molar-refractivity contribution is 0.0949. The molecular formula is C19H23FN4O2. The molecule has 6 nitrogen and oxygen atoms in total. The average molecular weight is 358 g/mol. The number of aromatic nitrogens is 2. The molecule has 2 rings (SSSR count). The van der Waals surface area contributed by atoms with E-state index in [-0.39, 0.29) is 17.4 Å². The number of hydrogen-bond donors (Lipinski definition) is 2. The van der Waals surface area contributed by atoms with Gasteiger partial charge in [-0.1, -0.05) is 20.8 Å². The van der Waals surface area contributed by atoms with Crippen molar-refractivity contribution in [1.29, 1.82) is 0 Å². The SMILES string of the molecule is Cc1cc(C(N)=O)cnc1[C@@H](C)CNC(=O)c1cnc(C(C)C)c(F)c1. The van der Waals surface area contributed by atoms with Gasteiger partial charge in [-0.2, -0.15) is 0 Å². The molecule has 0 aliphatic carbocycles. The van der Waals surface area contributed by atoms with E-state index in [9.17, 15) is 14.0 Å². The van der Waals surface area contributed by atoms with Crippen molar-refractivity contribution in [3.05, 3.63) is 58.4 Å². The summed E-state index contributed by atoms with van der Waals surface area (Å²) in [5.74, 6) is -1.56. The monoisotopic (exact) mass is 358 g/mol. The second kappa shape index (κ2) is 8.03. The summed E-state index contributed by atoms with van der Waals surface area (Å²) in [6.07, 6.45) is 2.80. The Morgan fingerprint density at radius 1 is 1.12 bits per heavy atom. The minimum Gasteiger partial charge on any atom is -0.366 e. The van der Waals surface area contributed by atoms with Crippen LogP contribution in [0.4, 0.5) is 4.39 Å². The number of amides is 2. The van der Waals surface area contributed by atoms with Crippen LogP contribution in [0.25, 0.3) is 0 Å². The van der Waals surface area contributed by atoms with Gasteiger partial charge in [0.1, 0.15) is 5.82 Å². The van der Waals surface area contributed by atoms with Crippen molar-refractivity contribution in [2.45, 2.75) is 39.5 Å². The van der Waals surface area contributed by atoms with Gasteiger partial charge in [0.25, 0.3) is 5.91 Å². The van der Waals surface area contributed by atoms with Crippen LogP contribution in [0.15, 0.2) is 24.5 Å². The van der Waals surface area contributed by atoms with Crippen LogP contribution in [-0.2, 0) is 0 Å². The summed E-state index contributed by atoms with van der Waals surface area (Å²) in [4.78, 5) is 31.7. The molecule has 0 unspecified atom stereocenters. The lowest BCUT2D eigenvalue weighted by atomic mass is 10.0. The zero-order valence-corrected chi connectivity index (χ0v) is 15.3. The van der Waals surface area contributed by atoms with E-state index in [1.165, 1.54) is 18.5 Å². The average Bonchev–Trinajstić information content (AvgIpc) is 2.58. The third kappa shape index (κ3) is 4.41. The van der Waals surface area contributed by atoms with Crippen LogP contribution in [-0.4, -0.2) is 28.3 Å². The van der Waals surface area contributed by atoms with Crippen molar-refractivity contribution in [1.82, 2.24) is 15.3 Å². The molecular weight excluding hydrogens is 335 g/mol. The fraction of sp³-hybridized carbons (Fsp3) is 0.368. The summed E-state index contributed by atoms with van der Waals surface area (Å²) in [5, 5.41) is 2.76. The van der Waals surface area contributed by atoms with Gasteiger partial charge in [-0.15, -0.1) is 0 Å². The molecule has 7 heteroatoms. The number of rotatable bonds is 6. The zero-order valence-electron chi connectivity index (χ0n) is 15.3. The normalized spacial score (nSPS) is 12.1. The molecule has 2 heterocycles. The number of nitrogens with zero attached hydrogens (tertiary/aromatic N) is 2. The van der Waals surface area contributed by atoms with Gasteiger partial charge in [0.2, 0.25) is 5.91 Å². The minimum absolute atomic E-state index is 0.0513. The molecule has 0 radical (unpaired) electrons. The van der Waals surface area contributed by atoms with E-state index in [0.717, 1.165) is 11.3 Å². The predicted octanol–water partition coefficient (Wildman–Crippen LogP) is 2.68. The number of halogens is 1. The molecule has 26 heavy (non-hydrogen) atoms. The molecule has 0 aliphatic rings. The van der Waals surface area contributed by atoms with Crippen LogP contribution >= 0.6 is 0 Å². The van der Waals surface area contributed by atoms with Crippen molar-refractivity contribution in [3.8, 4) is 0 Å². The molecule has 0 fully saturated rings. The Morgan fingerprint density at radius 3 is 2.27 bits per heavy atom. The fourth-order valence-corrected chi connectivity index (χ4v) is 2.68. The summed E-state index contributed by atoms with van der Waals surface area (Å²) in [5.41, 5.74) is 7.67. The summed E-state index contributed by atoms with van der Waals surface area (Å²) in [6.45, 7) is 7.73. The molecule has 2 aromatic heterocycles. The maximum absolute atomic E-state index is 14.0. The van der Waals surface area contributed by atoms with Crippen molar-refractivity contribution in [2.75, 3.05) is 6.54 Å². The standard InChI is InChI=1S/C19H23FN4O2/c1-10(2)16-15(20)6-14(9-22-16)19(26)24-7-12(4)17-11(3)5-13(8-23-17)18(21)25/h5-6,8-10,12H,7H2,1-4H3,(H2,21,25)(H,24,26)/t12-/m0/s1.